The Morgan fingerprint density at radius 2 is 1.79 bits per heavy atom. The molecular weight excluding hydrogens is 354 g/mol. The lowest BCUT2D eigenvalue weighted by Crippen LogP contribution is -2.37. The molecule has 3 aromatic rings. The highest BCUT2D eigenvalue weighted by molar-refractivity contribution is 5.99. The van der Waals surface area contributed by atoms with Gasteiger partial charge in [0, 0.05) is 36.4 Å². The maximum Gasteiger partial charge on any atom is 0.253 e. The Hall–Kier alpha value is -3.12. The molecule has 0 radical (unpaired) electrons. The number of amides is 1. The summed E-state index contributed by atoms with van der Waals surface area (Å²) in [7, 11) is 0. The van der Waals surface area contributed by atoms with Gasteiger partial charge in [0.15, 0.2) is 0 Å². The first-order valence-corrected chi connectivity index (χ1v) is 9.44. The zero-order valence-corrected chi connectivity index (χ0v) is 15.9. The molecule has 6 heteroatoms. The van der Waals surface area contributed by atoms with Gasteiger partial charge in [-0.15, -0.1) is 0 Å². The number of morpholine rings is 1. The third-order valence-corrected chi connectivity index (χ3v) is 4.96. The second-order valence-corrected chi connectivity index (χ2v) is 6.73. The van der Waals surface area contributed by atoms with E-state index in [4.69, 9.17) is 9.26 Å². The van der Waals surface area contributed by atoms with Gasteiger partial charge in [-0.3, -0.25) is 4.79 Å². The van der Waals surface area contributed by atoms with Gasteiger partial charge in [-0.1, -0.05) is 47.6 Å². The number of nitrogens with one attached hydrogen (secondary N) is 1. The molecule has 0 spiro atoms. The van der Waals surface area contributed by atoms with Gasteiger partial charge in [-0.05, 0) is 19.1 Å². The molecule has 1 fully saturated rings. The maximum atomic E-state index is 12.9. The summed E-state index contributed by atoms with van der Waals surface area (Å²) in [4.78, 5) is 15.1. The van der Waals surface area contributed by atoms with Crippen LogP contribution in [0.25, 0.3) is 11.3 Å². The first-order chi connectivity index (χ1) is 13.7. The second kappa shape index (κ2) is 8.27. The fourth-order valence-electron chi connectivity index (χ4n) is 3.43. The maximum absolute atomic E-state index is 12.9. The molecule has 0 bridgehead atoms. The highest BCUT2D eigenvalue weighted by atomic mass is 16.5. The third-order valence-electron chi connectivity index (χ3n) is 4.96. The summed E-state index contributed by atoms with van der Waals surface area (Å²) in [6.45, 7) is 5.14. The van der Waals surface area contributed by atoms with E-state index in [1.807, 2.05) is 61.5 Å². The van der Waals surface area contributed by atoms with E-state index in [2.05, 4.69) is 15.4 Å². The molecule has 1 aliphatic heterocycles. The predicted molar refractivity (Wildman–Crippen MR) is 107 cm³/mol. The van der Waals surface area contributed by atoms with Gasteiger partial charge < -0.3 is 19.5 Å². The van der Waals surface area contributed by atoms with Crippen LogP contribution in [0, 0.1) is 6.92 Å². The van der Waals surface area contributed by atoms with Crippen molar-refractivity contribution in [2.75, 3.05) is 31.2 Å². The van der Waals surface area contributed by atoms with Crippen molar-refractivity contribution < 1.29 is 14.1 Å². The minimum Gasteiger partial charge on any atom is -0.378 e. The van der Waals surface area contributed by atoms with Crippen LogP contribution in [0.1, 0.15) is 21.7 Å². The lowest BCUT2D eigenvalue weighted by atomic mass is 10.1. The van der Waals surface area contributed by atoms with Crippen LogP contribution < -0.4 is 10.2 Å². The van der Waals surface area contributed by atoms with Crippen molar-refractivity contribution in [1.29, 1.82) is 0 Å². The van der Waals surface area contributed by atoms with Crippen LogP contribution in [0.3, 0.4) is 0 Å². The van der Waals surface area contributed by atoms with Gasteiger partial charge in [0.1, 0.15) is 11.5 Å². The van der Waals surface area contributed by atoms with Crippen molar-refractivity contribution >= 4 is 11.6 Å². The number of rotatable bonds is 5. The molecule has 6 nitrogen and oxygen atoms in total. The van der Waals surface area contributed by atoms with Gasteiger partial charge in [0.25, 0.3) is 5.91 Å². The average molecular weight is 377 g/mol. The zero-order valence-electron chi connectivity index (χ0n) is 15.9. The monoisotopic (exact) mass is 377 g/mol. The van der Waals surface area contributed by atoms with Crippen molar-refractivity contribution in [1.82, 2.24) is 10.5 Å². The van der Waals surface area contributed by atoms with Crippen LogP contribution in [0.15, 0.2) is 59.1 Å². The van der Waals surface area contributed by atoms with Gasteiger partial charge >= 0.3 is 0 Å². The summed E-state index contributed by atoms with van der Waals surface area (Å²) in [5, 5.41) is 7.21. The highest BCUT2D eigenvalue weighted by Crippen LogP contribution is 2.26. The molecule has 2 aromatic carbocycles. The van der Waals surface area contributed by atoms with E-state index in [1.165, 1.54) is 0 Å². The number of carbonyl (C=O) groups is 1. The van der Waals surface area contributed by atoms with Gasteiger partial charge in [-0.2, -0.15) is 0 Å². The molecule has 1 saturated heterocycles. The van der Waals surface area contributed by atoms with Crippen LogP contribution in [0.5, 0.6) is 0 Å². The van der Waals surface area contributed by atoms with Crippen LogP contribution in [-0.4, -0.2) is 37.4 Å². The number of hydrogen-bond acceptors (Lipinski definition) is 5. The quantitative estimate of drug-likeness (QED) is 0.738. The Bertz CT molecular complexity index is 947. The van der Waals surface area contributed by atoms with Gasteiger partial charge in [0.2, 0.25) is 0 Å². The number of benzene rings is 2. The molecule has 2 heterocycles. The van der Waals surface area contributed by atoms with E-state index in [0.29, 0.717) is 31.1 Å². The van der Waals surface area contributed by atoms with E-state index >= 15 is 0 Å². The molecule has 1 amide bonds. The first-order valence-electron chi connectivity index (χ1n) is 9.44. The molecule has 144 valence electrons. The molecule has 0 saturated carbocycles. The third kappa shape index (κ3) is 3.77. The Morgan fingerprint density at radius 3 is 2.57 bits per heavy atom. The Balaban J connectivity index is 1.53. The fourth-order valence-corrected chi connectivity index (χ4v) is 3.43. The topological polar surface area (TPSA) is 67.6 Å². The fraction of sp³-hybridized carbons (Fsp3) is 0.273. The van der Waals surface area contributed by atoms with E-state index < -0.39 is 0 Å². The molecule has 4 rings (SSSR count). The Morgan fingerprint density at radius 1 is 1.07 bits per heavy atom. The number of hydrogen-bond donors (Lipinski definition) is 1. The van der Waals surface area contributed by atoms with Crippen molar-refractivity contribution in [3.8, 4) is 11.3 Å². The summed E-state index contributed by atoms with van der Waals surface area (Å²) in [5.41, 5.74) is 4.23. The molecule has 0 aliphatic carbocycles. The summed E-state index contributed by atoms with van der Waals surface area (Å²) in [5.74, 6) is 0.599. The average Bonchev–Trinajstić information content (AvgIpc) is 3.13. The van der Waals surface area contributed by atoms with Crippen molar-refractivity contribution in [3.05, 3.63) is 71.5 Å². The SMILES string of the molecule is Cc1onc(-c2ccccc2)c1CNC(=O)c1ccccc1N1CCOCC1. The zero-order chi connectivity index (χ0) is 19.3. The normalized spacial score (nSPS) is 14.1. The van der Waals surface area contributed by atoms with Crippen molar-refractivity contribution in [2.45, 2.75) is 13.5 Å². The molecule has 28 heavy (non-hydrogen) atoms. The first kappa shape index (κ1) is 18.3. The lowest BCUT2D eigenvalue weighted by Gasteiger charge is -2.30. The van der Waals surface area contributed by atoms with Gasteiger partial charge in [-0.25, -0.2) is 0 Å². The summed E-state index contributed by atoms with van der Waals surface area (Å²) < 4.78 is 10.8. The van der Waals surface area contributed by atoms with Crippen LogP contribution in [-0.2, 0) is 11.3 Å². The van der Waals surface area contributed by atoms with Crippen molar-refractivity contribution in [2.24, 2.45) is 0 Å². The summed E-state index contributed by atoms with van der Waals surface area (Å²) in [6, 6.07) is 17.5. The Kier molecular flexibility index (Phi) is 5.39. The second-order valence-electron chi connectivity index (χ2n) is 6.73. The van der Waals surface area contributed by atoms with Gasteiger partial charge in [0.05, 0.1) is 18.8 Å². The molecule has 0 atom stereocenters. The largest absolute Gasteiger partial charge is 0.378 e. The van der Waals surface area contributed by atoms with Crippen LogP contribution in [0.4, 0.5) is 5.69 Å². The van der Waals surface area contributed by atoms with E-state index in [9.17, 15) is 4.79 Å². The highest BCUT2D eigenvalue weighted by Gasteiger charge is 2.20. The molecule has 1 aliphatic rings. The molecular formula is C22H23N3O3. The minimum absolute atomic E-state index is 0.110. The molecule has 0 unspecified atom stereocenters. The van der Waals surface area contributed by atoms with E-state index in [-0.39, 0.29) is 5.91 Å². The number of para-hydroxylation sites is 1. The Labute approximate surface area is 164 Å². The predicted octanol–water partition coefficient (Wildman–Crippen LogP) is 3.42. The van der Waals surface area contributed by atoms with E-state index in [0.717, 1.165) is 35.6 Å². The van der Waals surface area contributed by atoms with Crippen LogP contribution >= 0.6 is 0 Å². The number of carbonyl (C=O) groups excluding carboxylic acids is 1. The lowest BCUT2D eigenvalue weighted by molar-refractivity contribution is 0.0949. The minimum atomic E-state index is -0.110. The number of nitrogens with zero attached hydrogens (tertiary/aromatic N) is 2. The number of anilines is 1. The van der Waals surface area contributed by atoms with E-state index in [1.54, 1.807) is 0 Å². The summed E-state index contributed by atoms with van der Waals surface area (Å²) in [6.07, 6.45) is 0. The number of ether oxygens (including phenoxy) is 1. The van der Waals surface area contributed by atoms with Crippen LogP contribution in [0.2, 0.25) is 0 Å². The summed E-state index contributed by atoms with van der Waals surface area (Å²) >= 11 is 0. The number of aryl methyl sites for hydroxylation is 1. The molecule has 1 N–H and O–H groups in total. The number of aromatic nitrogens is 1. The standard InChI is InChI=1S/C22H23N3O3/c1-16-19(21(24-28-16)17-7-3-2-4-8-17)15-23-22(26)18-9-5-6-10-20(18)25-11-13-27-14-12-25/h2-10H,11-15H2,1H3,(H,23,26). The molecule has 1 aromatic heterocycles. The van der Waals surface area contributed by atoms with Crippen molar-refractivity contribution in [3.63, 3.8) is 0 Å². The smallest absolute Gasteiger partial charge is 0.253 e.